The minimum atomic E-state index is 0.113. The summed E-state index contributed by atoms with van der Waals surface area (Å²) in [7, 11) is 0. The Morgan fingerprint density at radius 3 is 2.96 bits per heavy atom. The van der Waals surface area contributed by atoms with Crippen molar-refractivity contribution in [2.45, 2.75) is 44.2 Å². The van der Waals surface area contributed by atoms with Crippen molar-refractivity contribution < 1.29 is 5.11 Å². The molecule has 1 unspecified atom stereocenters. The van der Waals surface area contributed by atoms with Crippen molar-refractivity contribution in [3.05, 3.63) is 54.4 Å². The second-order valence-electron chi connectivity index (χ2n) is 8.00. The Morgan fingerprint density at radius 1 is 1.32 bits per heavy atom. The van der Waals surface area contributed by atoms with E-state index in [1.54, 1.807) is 30.9 Å². The molecule has 5 rings (SSSR count). The third-order valence-corrected chi connectivity index (χ3v) is 5.68. The molecule has 28 heavy (non-hydrogen) atoms. The van der Waals surface area contributed by atoms with Gasteiger partial charge in [-0.25, -0.2) is 9.97 Å². The normalized spacial score (nSPS) is 25.3. The number of nitrogens with one attached hydrogen (secondary N) is 1. The Bertz CT molecular complexity index is 1030. The summed E-state index contributed by atoms with van der Waals surface area (Å²) < 4.78 is 1.82. The van der Waals surface area contributed by atoms with Gasteiger partial charge < -0.3 is 15.0 Å². The maximum Gasteiger partial charge on any atom is 0.185 e. The number of hydrogen-bond donors (Lipinski definition) is 2. The van der Waals surface area contributed by atoms with Crippen molar-refractivity contribution in [1.82, 2.24) is 30.0 Å². The fourth-order valence-electron chi connectivity index (χ4n) is 4.39. The van der Waals surface area contributed by atoms with Crippen molar-refractivity contribution in [3.8, 4) is 22.8 Å². The van der Waals surface area contributed by atoms with Crippen LogP contribution in [-0.4, -0.2) is 41.4 Å². The molecule has 7 heteroatoms. The molecule has 2 fully saturated rings. The van der Waals surface area contributed by atoms with Crippen LogP contribution < -0.4 is 5.32 Å². The lowest BCUT2D eigenvalue weighted by Gasteiger charge is -2.32. The number of aromatic nitrogens is 5. The molecule has 2 N–H and O–H groups in total. The summed E-state index contributed by atoms with van der Waals surface area (Å²) in [6.07, 6.45) is 13.6. The van der Waals surface area contributed by atoms with E-state index < -0.39 is 0 Å². The molecule has 0 spiro atoms. The lowest BCUT2D eigenvalue weighted by atomic mass is 9.88. The van der Waals surface area contributed by atoms with Crippen molar-refractivity contribution in [3.63, 3.8) is 0 Å². The molecule has 0 radical (unpaired) electrons. The molecule has 7 nitrogen and oxygen atoms in total. The van der Waals surface area contributed by atoms with E-state index in [4.69, 9.17) is 0 Å². The quantitative estimate of drug-likeness (QED) is 0.732. The molecule has 2 saturated heterocycles. The molecule has 4 heterocycles. The van der Waals surface area contributed by atoms with Gasteiger partial charge in [-0.05, 0) is 50.8 Å². The van der Waals surface area contributed by atoms with Crippen molar-refractivity contribution in [1.29, 1.82) is 0 Å². The predicted molar refractivity (Wildman–Crippen MR) is 106 cm³/mol. The average molecular weight is 374 g/mol. The molecule has 2 aromatic heterocycles. The first-order valence-corrected chi connectivity index (χ1v) is 9.57. The average Bonchev–Trinajstić information content (AvgIpc) is 3.30. The highest BCUT2D eigenvalue weighted by atomic mass is 16.3. The summed E-state index contributed by atoms with van der Waals surface area (Å²) in [6, 6.07) is 5.94. The number of imidazole rings is 1. The van der Waals surface area contributed by atoms with Crippen LogP contribution in [0.25, 0.3) is 23.2 Å². The van der Waals surface area contributed by atoms with Gasteiger partial charge in [-0.1, -0.05) is 5.57 Å². The molecule has 0 aliphatic carbocycles. The number of phenolic OH excluding ortho intramolecular Hbond substituents is 1. The van der Waals surface area contributed by atoms with Crippen LogP contribution in [0.1, 0.15) is 38.3 Å². The Labute approximate surface area is 163 Å². The van der Waals surface area contributed by atoms with Crippen molar-refractivity contribution in [2.75, 3.05) is 0 Å². The van der Waals surface area contributed by atoms with Gasteiger partial charge in [0.15, 0.2) is 5.82 Å². The highest BCUT2D eigenvalue weighted by Gasteiger charge is 2.39. The highest BCUT2D eigenvalue weighted by Crippen LogP contribution is 2.38. The van der Waals surface area contributed by atoms with Gasteiger partial charge in [0.1, 0.15) is 11.4 Å². The summed E-state index contributed by atoms with van der Waals surface area (Å²) in [5.41, 5.74) is 3.77. The lowest BCUT2D eigenvalue weighted by molar-refractivity contribution is 0.351. The Balaban J connectivity index is 1.38. The van der Waals surface area contributed by atoms with E-state index in [9.17, 15) is 5.11 Å². The molecule has 1 aromatic carbocycles. The van der Waals surface area contributed by atoms with Crippen LogP contribution in [0.5, 0.6) is 5.75 Å². The van der Waals surface area contributed by atoms with E-state index >= 15 is 0 Å². The van der Waals surface area contributed by atoms with E-state index in [0.717, 1.165) is 24.2 Å². The number of benzene rings is 1. The molecule has 2 atom stereocenters. The summed E-state index contributed by atoms with van der Waals surface area (Å²) in [4.78, 5) is 8.45. The van der Waals surface area contributed by atoms with Gasteiger partial charge in [0.05, 0.1) is 23.8 Å². The fraction of sp³-hybridized carbons (Fsp3) is 0.333. The zero-order valence-electron chi connectivity index (χ0n) is 15.7. The Kier molecular flexibility index (Phi) is 3.98. The molecule has 0 amide bonds. The highest BCUT2D eigenvalue weighted by molar-refractivity contribution is 5.66. The second-order valence-corrected chi connectivity index (χ2v) is 8.00. The number of nitrogens with zero attached hydrogens (tertiary/aromatic N) is 5. The first-order chi connectivity index (χ1) is 13.6. The van der Waals surface area contributed by atoms with E-state index in [2.05, 4.69) is 38.5 Å². The summed E-state index contributed by atoms with van der Waals surface area (Å²) in [5.74, 6) is 0.524. The zero-order chi connectivity index (χ0) is 19.1. The van der Waals surface area contributed by atoms with Gasteiger partial charge in [-0.2, -0.15) is 0 Å². The van der Waals surface area contributed by atoms with Crippen LogP contribution in [0.3, 0.4) is 0 Å². The maximum atomic E-state index is 10.4. The second kappa shape index (κ2) is 6.53. The van der Waals surface area contributed by atoms with Crippen LogP contribution in [0.4, 0.5) is 0 Å². The Hall–Kier alpha value is -3.06. The standard InChI is InChI=1S/C21H22N6O/c1-21-5-4-15(24-21)8-14(11-21)9-16-12-23-20(26-25-16)18-3-2-17(10-19(18)28)27-7-6-22-13-27/h2-3,6-7,9-10,12-13,15,24,28H,4-5,8,11H2,1H3/b14-9+/t15?,21-/m1/s1. The summed E-state index contributed by atoms with van der Waals surface area (Å²) in [6.45, 7) is 2.29. The molecular formula is C21H22N6O. The molecule has 2 bridgehead atoms. The molecule has 2 aliphatic rings. The number of rotatable bonds is 3. The number of hydrogen-bond acceptors (Lipinski definition) is 6. The van der Waals surface area contributed by atoms with E-state index in [1.165, 1.54) is 18.4 Å². The van der Waals surface area contributed by atoms with Crippen LogP contribution in [0.15, 0.2) is 48.7 Å². The zero-order valence-corrected chi connectivity index (χ0v) is 15.7. The van der Waals surface area contributed by atoms with Gasteiger partial charge in [0, 0.05) is 30.0 Å². The van der Waals surface area contributed by atoms with Crippen molar-refractivity contribution >= 4 is 6.08 Å². The molecular weight excluding hydrogens is 352 g/mol. The molecule has 3 aromatic rings. The lowest BCUT2D eigenvalue weighted by Crippen LogP contribution is -2.44. The molecule has 2 aliphatic heterocycles. The number of aromatic hydroxyl groups is 1. The number of fused-ring (bicyclic) bond motifs is 2. The van der Waals surface area contributed by atoms with Gasteiger partial charge in [-0.3, -0.25) is 0 Å². The number of phenols is 1. The van der Waals surface area contributed by atoms with Gasteiger partial charge in [0.2, 0.25) is 0 Å². The third-order valence-electron chi connectivity index (χ3n) is 5.68. The van der Waals surface area contributed by atoms with Gasteiger partial charge in [-0.15, -0.1) is 10.2 Å². The topological polar surface area (TPSA) is 88.8 Å². The maximum absolute atomic E-state index is 10.4. The summed E-state index contributed by atoms with van der Waals surface area (Å²) >= 11 is 0. The van der Waals surface area contributed by atoms with Gasteiger partial charge in [0.25, 0.3) is 0 Å². The van der Waals surface area contributed by atoms with Crippen LogP contribution in [-0.2, 0) is 0 Å². The van der Waals surface area contributed by atoms with Crippen LogP contribution in [0.2, 0.25) is 0 Å². The smallest absolute Gasteiger partial charge is 0.185 e. The van der Waals surface area contributed by atoms with E-state index in [-0.39, 0.29) is 11.3 Å². The molecule has 0 saturated carbocycles. The van der Waals surface area contributed by atoms with Crippen LogP contribution in [0, 0.1) is 0 Å². The largest absolute Gasteiger partial charge is 0.507 e. The van der Waals surface area contributed by atoms with Gasteiger partial charge >= 0.3 is 0 Å². The predicted octanol–water partition coefficient (Wildman–Crippen LogP) is 3.12. The van der Waals surface area contributed by atoms with Crippen LogP contribution >= 0.6 is 0 Å². The first kappa shape index (κ1) is 17.1. The monoisotopic (exact) mass is 374 g/mol. The first-order valence-electron chi connectivity index (χ1n) is 9.57. The molecule has 142 valence electrons. The van der Waals surface area contributed by atoms with E-state index in [1.807, 2.05) is 16.8 Å². The van der Waals surface area contributed by atoms with Crippen molar-refractivity contribution in [2.24, 2.45) is 0 Å². The minimum Gasteiger partial charge on any atom is -0.507 e. The SMILES string of the molecule is C[C@@]12CCC(C/C(=C\c3cnc(-c4ccc(-n5ccnc5)cc4O)nn3)C1)N2. The minimum absolute atomic E-state index is 0.113. The van der Waals surface area contributed by atoms with E-state index in [0.29, 0.717) is 17.4 Å². The fourth-order valence-corrected chi connectivity index (χ4v) is 4.39. The summed E-state index contributed by atoms with van der Waals surface area (Å²) in [5, 5.41) is 22.7. The Morgan fingerprint density at radius 2 is 2.25 bits per heavy atom. The third kappa shape index (κ3) is 3.18. The number of piperidine rings is 1.